The SMILES string of the molecule is COC(=O)c1ccc(C(=O)Oc2ccc(C)c3c2C2(COc4ccccc42)CO3)cc1. The highest BCUT2D eigenvalue weighted by molar-refractivity contribution is 5.94. The lowest BCUT2D eigenvalue weighted by Crippen LogP contribution is -2.32. The molecule has 0 amide bonds. The summed E-state index contributed by atoms with van der Waals surface area (Å²) in [5, 5.41) is 0. The first-order chi connectivity index (χ1) is 15.0. The van der Waals surface area contributed by atoms with Gasteiger partial charge in [-0.15, -0.1) is 0 Å². The molecule has 2 aliphatic rings. The van der Waals surface area contributed by atoms with Crippen LogP contribution in [0.4, 0.5) is 0 Å². The summed E-state index contributed by atoms with van der Waals surface area (Å²) in [7, 11) is 1.31. The van der Waals surface area contributed by atoms with E-state index in [0.717, 1.165) is 28.2 Å². The number of benzene rings is 3. The molecule has 1 spiro atoms. The Morgan fingerprint density at radius 3 is 2.29 bits per heavy atom. The van der Waals surface area contributed by atoms with Crippen molar-refractivity contribution in [2.45, 2.75) is 12.3 Å². The molecule has 3 aromatic rings. The van der Waals surface area contributed by atoms with Crippen molar-refractivity contribution in [1.29, 1.82) is 0 Å². The van der Waals surface area contributed by atoms with Gasteiger partial charge in [0.2, 0.25) is 0 Å². The zero-order chi connectivity index (χ0) is 21.6. The topological polar surface area (TPSA) is 71.1 Å². The molecule has 1 atom stereocenters. The first kappa shape index (κ1) is 19.2. The number of ether oxygens (including phenoxy) is 4. The van der Waals surface area contributed by atoms with Gasteiger partial charge in [-0.1, -0.05) is 24.3 Å². The van der Waals surface area contributed by atoms with Gasteiger partial charge in [0.1, 0.15) is 30.5 Å². The van der Waals surface area contributed by atoms with Crippen molar-refractivity contribution in [3.05, 3.63) is 88.5 Å². The average Bonchev–Trinajstić information content (AvgIpc) is 3.38. The lowest BCUT2D eigenvalue weighted by Gasteiger charge is -2.23. The van der Waals surface area contributed by atoms with Crippen LogP contribution in [-0.2, 0) is 10.2 Å². The first-order valence-corrected chi connectivity index (χ1v) is 9.93. The molecule has 0 radical (unpaired) electrons. The summed E-state index contributed by atoms with van der Waals surface area (Å²) in [5.41, 5.74) is 3.00. The van der Waals surface area contributed by atoms with Gasteiger partial charge in [0.15, 0.2) is 0 Å². The van der Waals surface area contributed by atoms with Gasteiger partial charge in [-0.25, -0.2) is 9.59 Å². The molecular formula is C25H20O6. The molecule has 0 bridgehead atoms. The van der Waals surface area contributed by atoms with Crippen LogP contribution in [0.15, 0.2) is 60.7 Å². The molecule has 5 rings (SSSR count). The number of rotatable bonds is 3. The van der Waals surface area contributed by atoms with Crippen LogP contribution in [-0.4, -0.2) is 32.3 Å². The molecule has 1 unspecified atom stereocenters. The highest BCUT2D eigenvalue weighted by Gasteiger charge is 2.51. The molecule has 0 saturated carbocycles. The number of esters is 2. The Morgan fingerprint density at radius 2 is 1.55 bits per heavy atom. The van der Waals surface area contributed by atoms with Crippen LogP contribution in [0, 0.1) is 6.92 Å². The third-order valence-corrected chi connectivity index (χ3v) is 5.88. The van der Waals surface area contributed by atoms with Gasteiger partial charge >= 0.3 is 11.9 Å². The molecule has 2 aliphatic heterocycles. The van der Waals surface area contributed by atoms with Crippen molar-refractivity contribution in [2.24, 2.45) is 0 Å². The van der Waals surface area contributed by atoms with E-state index in [1.807, 2.05) is 37.3 Å². The standard InChI is InChI=1S/C25H20O6/c1-15-7-12-20(31-24(27)17-10-8-16(9-11-17)23(26)28-2)21-22(15)30-14-25(21)13-29-19-6-4-3-5-18(19)25/h3-12H,13-14H2,1-2H3. The molecular weight excluding hydrogens is 396 g/mol. The quantitative estimate of drug-likeness (QED) is 0.474. The molecule has 0 aromatic heterocycles. The van der Waals surface area contributed by atoms with Crippen molar-refractivity contribution in [2.75, 3.05) is 20.3 Å². The fourth-order valence-electron chi connectivity index (χ4n) is 4.27. The van der Waals surface area contributed by atoms with Gasteiger partial charge in [0, 0.05) is 5.56 Å². The van der Waals surface area contributed by atoms with Crippen LogP contribution >= 0.6 is 0 Å². The van der Waals surface area contributed by atoms with Crippen molar-refractivity contribution in [3.8, 4) is 17.2 Å². The maximum atomic E-state index is 12.9. The second kappa shape index (κ2) is 7.16. The third kappa shape index (κ3) is 2.94. The fourth-order valence-corrected chi connectivity index (χ4v) is 4.27. The summed E-state index contributed by atoms with van der Waals surface area (Å²) >= 11 is 0. The Bertz CT molecular complexity index is 1200. The number of fused-ring (bicyclic) bond motifs is 4. The van der Waals surface area contributed by atoms with E-state index in [1.165, 1.54) is 19.2 Å². The third-order valence-electron chi connectivity index (χ3n) is 5.88. The molecule has 0 saturated heterocycles. The van der Waals surface area contributed by atoms with Crippen LogP contribution in [0.2, 0.25) is 0 Å². The Balaban J connectivity index is 1.52. The molecule has 3 aromatic carbocycles. The van der Waals surface area contributed by atoms with E-state index in [-0.39, 0.29) is 0 Å². The number of aryl methyl sites for hydroxylation is 1. The number of carbonyl (C=O) groups is 2. The van der Waals surface area contributed by atoms with Crippen LogP contribution in [0.1, 0.15) is 37.4 Å². The zero-order valence-corrected chi connectivity index (χ0v) is 17.1. The number of carbonyl (C=O) groups excluding carboxylic acids is 2. The van der Waals surface area contributed by atoms with E-state index in [4.69, 9.17) is 18.9 Å². The van der Waals surface area contributed by atoms with Crippen LogP contribution < -0.4 is 14.2 Å². The predicted molar refractivity (Wildman–Crippen MR) is 112 cm³/mol. The molecule has 0 fully saturated rings. The molecule has 0 N–H and O–H groups in total. The molecule has 6 heteroatoms. The minimum atomic E-state index is -0.525. The highest BCUT2D eigenvalue weighted by atomic mass is 16.5. The highest BCUT2D eigenvalue weighted by Crippen LogP contribution is 2.54. The molecule has 156 valence electrons. The maximum absolute atomic E-state index is 12.9. The Labute approximate surface area is 179 Å². The summed E-state index contributed by atoms with van der Waals surface area (Å²) in [6.45, 7) is 2.81. The number of hydrogen-bond acceptors (Lipinski definition) is 6. The smallest absolute Gasteiger partial charge is 0.343 e. The minimum Gasteiger partial charge on any atom is -0.492 e. The second-order valence-electron chi connectivity index (χ2n) is 7.70. The van der Waals surface area contributed by atoms with Gasteiger partial charge in [-0.2, -0.15) is 0 Å². The van der Waals surface area contributed by atoms with Gasteiger partial charge in [-0.3, -0.25) is 0 Å². The first-order valence-electron chi connectivity index (χ1n) is 9.93. The van der Waals surface area contributed by atoms with E-state index in [0.29, 0.717) is 30.1 Å². The van der Waals surface area contributed by atoms with E-state index in [9.17, 15) is 9.59 Å². The molecule has 6 nitrogen and oxygen atoms in total. The zero-order valence-electron chi connectivity index (χ0n) is 17.1. The Hall–Kier alpha value is -3.80. The van der Waals surface area contributed by atoms with E-state index >= 15 is 0 Å². The van der Waals surface area contributed by atoms with Gasteiger partial charge in [0.25, 0.3) is 0 Å². The minimum absolute atomic E-state index is 0.331. The normalized spacial score (nSPS) is 18.0. The second-order valence-corrected chi connectivity index (χ2v) is 7.70. The van der Waals surface area contributed by atoms with Gasteiger partial charge < -0.3 is 18.9 Å². The van der Waals surface area contributed by atoms with Crippen molar-refractivity contribution < 1.29 is 28.5 Å². The van der Waals surface area contributed by atoms with E-state index in [1.54, 1.807) is 18.2 Å². The van der Waals surface area contributed by atoms with E-state index in [2.05, 4.69) is 0 Å². The summed E-state index contributed by atoms with van der Waals surface area (Å²) in [4.78, 5) is 24.5. The van der Waals surface area contributed by atoms with Gasteiger partial charge in [0.05, 0.1) is 29.2 Å². The lowest BCUT2D eigenvalue weighted by molar-refractivity contribution is 0.0599. The van der Waals surface area contributed by atoms with Crippen molar-refractivity contribution >= 4 is 11.9 Å². The lowest BCUT2D eigenvalue weighted by atomic mass is 9.77. The Kier molecular flexibility index (Phi) is 4.43. The number of para-hydroxylation sites is 1. The predicted octanol–water partition coefficient (Wildman–Crippen LogP) is 4.07. The van der Waals surface area contributed by atoms with E-state index < -0.39 is 17.4 Å². The van der Waals surface area contributed by atoms with Crippen LogP contribution in [0.5, 0.6) is 17.2 Å². The summed E-state index contributed by atoms with van der Waals surface area (Å²) in [6, 6.07) is 17.7. The number of hydrogen-bond donors (Lipinski definition) is 0. The maximum Gasteiger partial charge on any atom is 0.343 e. The van der Waals surface area contributed by atoms with Crippen molar-refractivity contribution in [1.82, 2.24) is 0 Å². The summed E-state index contributed by atoms with van der Waals surface area (Å²) in [6.07, 6.45) is 0. The molecule has 31 heavy (non-hydrogen) atoms. The average molecular weight is 416 g/mol. The largest absolute Gasteiger partial charge is 0.492 e. The number of methoxy groups -OCH3 is 1. The van der Waals surface area contributed by atoms with Crippen LogP contribution in [0.25, 0.3) is 0 Å². The monoisotopic (exact) mass is 416 g/mol. The van der Waals surface area contributed by atoms with Gasteiger partial charge in [-0.05, 0) is 48.9 Å². The molecule has 2 heterocycles. The van der Waals surface area contributed by atoms with Crippen molar-refractivity contribution in [3.63, 3.8) is 0 Å². The summed E-state index contributed by atoms with van der Waals surface area (Å²) in [5.74, 6) is 1.01. The summed E-state index contributed by atoms with van der Waals surface area (Å²) < 4.78 is 22.6. The Morgan fingerprint density at radius 1 is 0.871 bits per heavy atom. The fraction of sp³-hybridized carbons (Fsp3) is 0.200. The molecule has 0 aliphatic carbocycles. The van der Waals surface area contributed by atoms with Crippen LogP contribution in [0.3, 0.4) is 0 Å².